The molecule has 0 bridgehead atoms. The van der Waals surface area contributed by atoms with Crippen LogP contribution >= 0.6 is 23.2 Å². The van der Waals surface area contributed by atoms with E-state index in [2.05, 4.69) is 16.7 Å². The zero-order valence-corrected chi connectivity index (χ0v) is 23.7. The molecule has 2 unspecified atom stereocenters. The molecule has 0 radical (unpaired) electrons. The van der Waals surface area contributed by atoms with Crippen molar-refractivity contribution in [3.63, 3.8) is 0 Å². The lowest BCUT2D eigenvalue weighted by Crippen LogP contribution is -2.45. The van der Waals surface area contributed by atoms with E-state index in [0.717, 1.165) is 18.2 Å². The van der Waals surface area contributed by atoms with E-state index in [1.165, 1.54) is 36.4 Å². The van der Waals surface area contributed by atoms with E-state index >= 15 is 8.78 Å². The van der Waals surface area contributed by atoms with Crippen LogP contribution in [0.25, 0.3) is 0 Å². The number of hydrogen-bond donors (Lipinski definition) is 3. The number of halogens is 5. The molecule has 0 saturated carbocycles. The first-order chi connectivity index (χ1) is 19.2. The maximum Gasteiger partial charge on any atom is 0.338 e. The zero-order valence-electron chi connectivity index (χ0n) is 22.2. The molecule has 1 aliphatic heterocycles. The summed E-state index contributed by atoms with van der Waals surface area (Å²) in [4.78, 5) is 25.0. The summed E-state index contributed by atoms with van der Waals surface area (Å²) in [6, 6.07) is 11.1. The summed E-state index contributed by atoms with van der Waals surface area (Å²) in [5.41, 5.74) is -3.08. The Balaban J connectivity index is 1.93. The maximum atomic E-state index is 15.7. The normalized spacial score (nSPS) is 22.3. The number of rotatable bonds is 6. The highest BCUT2D eigenvalue weighted by Gasteiger charge is 2.61. The largest absolute Gasteiger partial charge is 0.478 e. The van der Waals surface area contributed by atoms with Gasteiger partial charge in [-0.3, -0.25) is 4.79 Å². The molecule has 3 aromatic carbocycles. The van der Waals surface area contributed by atoms with E-state index in [1.54, 1.807) is 0 Å². The smallest absolute Gasteiger partial charge is 0.338 e. The fourth-order valence-electron chi connectivity index (χ4n) is 5.54. The van der Waals surface area contributed by atoms with Gasteiger partial charge in [-0.15, -0.1) is 0 Å². The van der Waals surface area contributed by atoms with Crippen LogP contribution in [0.1, 0.15) is 54.6 Å². The first kappa shape index (κ1) is 30.4. The van der Waals surface area contributed by atoms with Crippen molar-refractivity contribution >= 4 is 40.8 Å². The molecule has 0 aliphatic carbocycles. The fourth-order valence-corrected chi connectivity index (χ4v) is 5.88. The van der Waals surface area contributed by atoms with Gasteiger partial charge < -0.3 is 15.7 Å². The Hall–Kier alpha value is -3.58. The highest BCUT2D eigenvalue weighted by Crippen LogP contribution is 2.52. The molecule has 1 amide bonds. The second-order valence-electron chi connectivity index (χ2n) is 11.2. The number of nitriles is 1. The maximum absolute atomic E-state index is 15.7. The summed E-state index contributed by atoms with van der Waals surface area (Å²) >= 11 is 12.1. The lowest BCUT2D eigenvalue weighted by Gasteiger charge is -2.37. The van der Waals surface area contributed by atoms with Crippen LogP contribution in [0, 0.1) is 34.2 Å². The van der Waals surface area contributed by atoms with Gasteiger partial charge >= 0.3 is 5.97 Å². The molecule has 4 rings (SSSR count). The van der Waals surface area contributed by atoms with E-state index in [0.29, 0.717) is 0 Å². The molecular weight excluding hydrogens is 578 g/mol. The van der Waals surface area contributed by atoms with Gasteiger partial charge in [-0.05, 0) is 53.8 Å². The Labute approximate surface area is 245 Å². The monoisotopic (exact) mass is 603 g/mol. The van der Waals surface area contributed by atoms with E-state index in [4.69, 9.17) is 28.3 Å². The topological polar surface area (TPSA) is 102 Å². The van der Waals surface area contributed by atoms with Gasteiger partial charge in [0.25, 0.3) is 0 Å². The molecule has 3 N–H and O–H groups in total. The minimum absolute atomic E-state index is 0.0656. The molecule has 1 heterocycles. The third kappa shape index (κ3) is 5.78. The van der Waals surface area contributed by atoms with Crippen molar-refractivity contribution in [3.05, 3.63) is 98.8 Å². The summed E-state index contributed by atoms with van der Waals surface area (Å²) in [7, 11) is 0. The molecule has 1 fully saturated rings. The highest BCUT2D eigenvalue weighted by molar-refractivity contribution is 6.31. The standard InChI is InChI=1S/C30H26Cl2F3N3O3/c1-29(2,3)13-23-30(14-36,19-10-7-15(31)11-22(19)34)24(18-5-4-6-20(32)25(18)35)26(38-23)27(39)37-16-8-9-17(28(40)41)21(33)12-16/h4-12,23-24,26,38H,13H2,1-3H3,(H,37,39)(H,40,41)/t23-,24?,26+,30?/m0/s1. The number of carboxylic acid groups (broad SMARTS) is 1. The van der Waals surface area contributed by atoms with Crippen LogP contribution < -0.4 is 10.6 Å². The van der Waals surface area contributed by atoms with E-state index < -0.39 is 63.7 Å². The third-order valence-corrected chi connectivity index (χ3v) is 7.73. The van der Waals surface area contributed by atoms with Crippen molar-refractivity contribution in [2.45, 2.75) is 50.6 Å². The summed E-state index contributed by atoms with van der Waals surface area (Å²) in [5, 5.41) is 25.5. The molecule has 214 valence electrons. The van der Waals surface area contributed by atoms with Gasteiger partial charge in [0.1, 0.15) is 22.9 Å². The molecule has 11 heteroatoms. The van der Waals surface area contributed by atoms with Crippen LogP contribution in [0.4, 0.5) is 18.9 Å². The van der Waals surface area contributed by atoms with Crippen molar-refractivity contribution in [2.24, 2.45) is 5.41 Å². The molecule has 6 nitrogen and oxygen atoms in total. The average Bonchev–Trinajstić information content (AvgIpc) is 3.18. The number of anilines is 1. The summed E-state index contributed by atoms with van der Waals surface area (Å²) in [6.07, 6.45) is 0.271. The Morgan fingerprint density at radius 2 is 1.78 bits per heavy atom. The molecule has 41 heavy (non-hydrogen) atoms. The number of carbonyl (C=O) groups is 2. The minimum atomic E-state index is -1.83. The van der Waals surface area contributed by atoms with Crippen molar-refractivity contribution < 1.29 is 27.9 Å². The number of amides is 1. The molecular formula is C30H26Cl2F3N3O3. The van der Waals surface area contributed by atoms with Crippen LogP contribution in [0.2, 0.25) is 10.0 Å². The van der Waals surface area contributed by atoms with Gasteiger partial charge in [0.2, 0.25) is 5.91 Å². The third-order valence-electron chi connectivity index (χ3n) is 7.20. The molecule has 1 aliphatic rings. The summed E-state index contributed by atoms with van der Waals surface area (Å²) < 4.78 is 45.7. The van der Waals surface area contributed by atoms with Gasteiger partial charge in [-0.1, -0.05) is 62.2 Å². The number of benzene rings is 3. The zero-order chi connectivity index (χ0) is 30.3. The van der Waals surface area contributed by atoms with Gasteiger partial charge in [0.15, 0.2) is 0 Å². The van der Waals surface area contributed by atoms with E-state index in [9.17, 15) is 19.2 Å². The number of hydrogen-bond acceptors (Lipinski definition) is 4. The second-order valence-corrected chi connectivity index (χ2v) is 12.0. The van der Waals surface area contributed by atoms with Crippen LogP contribution in [0.3, 0.4) is 0 Å². The molecule has 4 atom stereocenters. The number of nitrogens with one attached hydrogen (secondary N) is 2. The van der Waals surface area contributed by atoms with E-state index in [1.807, 2.05) is 20.8 Å². The van der Waals surface area contributed by atoms with Gasteiger partial charge in [-0.2, -0.15) is 5.26 Å². The van der Waals surface area contributed by atoms with Crippen LogP contribution in [-0.2, 0) is 10.2 Å². The number of nitrogens with zero attached hydrogens (tertiary/aromatic N) is 1. The van der Waals surface area contributed by atoms with Gasteiger partial charge in [0, 0.05) is 28.2 Å². The highest BCUT2D eigenvalue weighted by atomic mass is 35.5. The molecule has 3 aromatic rings. The number of carbonyl (C=O) groups excluding carboxylic acids is 1. The van der Waals surface area contributed by atoms with Crippen LogP contribution in [-0.4, -0.2) is 29.1 Å². The number of carboxylic acids is 1. The Kier molecular flexibility index (Phi) is 8.42. The average molecular weight is 604 g/mol. The summed E-state index contributed by atoms with van der Waals surface area (Å²) in [6.45, 7) is 5.72. The quantitative estimate of drug-likeness (QED) is 0.280. The molecule has 0 spiro atoms. The predicted molar refractivity (Wildman–Crippen MR) is 150 cm³/mol. The first-order valence-corrected chi connectivity index (χ1v) is 13.4. The van der Waals surface area contributed by atoms with Crippen LogP contribution in [0.15, 0.2) is 54.6 Å². The van der Waals surface area contributed by atoms with E-state index in [-0.39, 0.29) is 33.3 Å². The van der Waals surface area contributed by atoms with Crippen molar-refractivity contribution in [1.29, 1.82) is 5.26 Å². The molecule has 0 aromatic heterocycles. The Bertz CT molecular complexity index is 1570. The molecule has 1 saturated heterocycles. The lowest BCUT2D eigenvalue weighted by molar-refractivity contribution is -0.118. The van der Waals surface area contributed by atoms with Crippen molar-refractivity contribution in [3.8, 4) is 6.07 Å². The Morgan fingerprint density at radius 3 is 2.37 bits per heavy atom. The fraction of sp³-hybridized carbons (Fsp3) is 0.300. The van der Waals surface area contributed by atoms with Crippen molar-refractivity contribution in [2.75, 3.05) is 5.32 Å². The number of aromatic carboxylic acids is 1. The lowest BCUT2D eigenvalue weighted by atomic mass is 9.62. The first-order valence-electron chi connectivity index (χ1n) is 12.6. The van der Waals surface area contributed by atoms with Gasteiger partial charge in [-0.25, -0.2) is 18.0 Å². The second kappa shape index (κ2) is 11.4. The Morgan fingerprint density at radius 1 is 1.07 bits per heavy atom. The van der Waals surface area contributed by atoms with Crippen molar-refractivity contribution in [1.82, 2.24) is 5.32 Å². The van der Waals surface area contributed by atoms with Gasteiger partial charge in [0.05, 0.1) is 22.7 Å². The SMILES string of the molecule is CC(C)(C)C[C@@H]1N[C@@H](C(=O)Nc2ccc(C(=O)O)c(F)c2)C(c2cccc(Cl)c2F)C1(C#N)c1ccc(Cl)cc1F. The van der Waals surface area contributed by atoms with Crippen LogP contribution in [0.5, 0.6) is 0 Å². The minimum Gasteiger partial charge on any atom is -0.478 e. The predicted octanol–water partition coefficient (Wildman–Crippen LogP) is 7.07. The summed E-state index contributed by atoms with van der Waals surface area (Å²) in [5.74, 6) is -6.32.